The van der Waals surface area contributed by atoms with E-state index >= 15 is 0 Å². The third-order valence-corrected chi connectivity index (χ3v) is 9.17. The first-order valence-electron chi connectivity index (χ1n) is 12.2. The van der Waals surface area contributed by atoms with Gasteiger partial charge in [0, 0.05) is 24.8 Å². The van der Waals surface area contributed by atoms with Gasteiger partial charge in [0.05, 0.1) is 34.3 Å². The average Bonchev–Trinajstić information content (AvgIpc) is 3.63. The summed E-state index contributed by atoms with van der Waals surface area (Å²) >= 11 is 0. The van der Waals surface area contributed by atoms with Crippen molar-refractivity contribution in [3.8, 4) is 17.1 Å². The molecule has 34 heavy (non-hydrogen) atoms. The molecule has 0 amide bonds. The molecule has 0 radical (unpaired) electrons. The number of sulfone groups is 1. The Morgan fingerprint density at radius 1 is 1.03 bits per heavy atom. The van der Waals surface area contributed by atoms with Gasteiger partial charge < -0.3 is 14.5 Å². The highest BCUT2D eigenvalue weighted by Crippen LogP contribution is 2.37. The van der Waals surface area contributed by atoms with E-state index in [2.05, 4.69) is 22.1 Å². The molecule has 1 N–H and O–H groups in total. The van der Waals surface area contributed by atoms with E-state index in [1.54, 1.807) is 18.3 Å². The summed E-state index contributed by atoms with van der Waals surface area (Å²) in [6, 6.07) is 15.7. The first-order valence-corrected chi connectivity index (χ1v) is 13.8. The monoisotopic (exact) mass is 480 g/mol. The summed E-state index contributed by atoms with van der Waals surface area (Å²) in [7, 11) is -3.18. The minimum absolute atomic E-state index is 0.150. The second kappa shape index (κ2) is 9.92. The Morgan fingerprint density at radius 3 is 2.44 bits per heavy atom. The van der Waals surface area contributed by atoms with Crippen LogP contribution in [0.4, 0.5) is 0 Å². The molecule has 1 aromatic carbocycles. The van der Waals surface area contributed by atoms with E-state index < -0.39 is 9.84 Å². The number of nitrogens with one attached hydrogen (secondary N) is 1. The molecule has 1 saturated heterocycles. The number of ether oxygens (including phenoxy) is 2. The zero-order valence-electron chi connectivity index (χ0n) is 19.6. The van der Waals surface area contributed by atoms with Gasteiger partial charge in [0.2, 0.25) is 0 Å². The van der Waals surface area contributed by atoms with Crippen LogP contribution in [0.2, 0.25) is 0 Å². The molecule has 7 heteroatoms. The normalized spacial score (nSPS) is 18.0. The molecule has 1 atom stereocenters. The topological polar surface area (TPSA) is 81.3 Å². The third-order valence-electron chi connectivity index (χ3n) is 6.89. The summed E-state index contributed by atoms with van der Waals surface area (Å²) in [5.74, 6) is 1.48. The van der Waals surface area contributed by atoms with Gasteiger partial charge in [0.1, 0.15) is 5.75 Å². The number of hydrogen-bond donors (Lipinski definition) is 1. The molecule has 3 aromatic rings. The zero-order valence-corrected chi connectivity index (χ0v) is 20.4. The van der Waals surface area contributed by atoms with Crippen LogP contribution in [-0.2, 0) is 14.6 Å². The summed E-state index contributed by atoms with van der Waals surface area (Å²) in [4.78, 5) is 8.58. The Morgan fingerprint density at radius 2 is 1.79 bits per heavy atom. The first-order chi connectivity index (χ1) is 16.5. The van der Waals surface area contributed by atoms with Crippen LogP contribution in [0.3, 0.4) is 0 Å². The number of aromatic amines is 1. The van der Waals surface area contributed by atoms with Crippen molar-refractivity contribution in [3.63, 3.8) is 0 Å². The lowest BCUT2D eigenvalue weighted by molar-refractivity contribution is 0.0626. The SMILES string of the molecule is CCOc1ccc(-c2ccc(C(CC3CCOCC3)c3ccc(S(=O)(=O)C4CC4)cc3)[nH]2)nc1. The smallest absolute Gasteiger partial charge is 0.181 e. The molecule has 180 valence electrons. The quantitative estimate of drug-likeness (QED) is 0.446. The molecule has 0 spiro atoms. The Bertz CT molecular complexity index is 1190. The van der Waals surface area contributed by atoms with Crippen molar-refractivity contribution in [2.75, 3.05) is 19.8 Å². The lowest BCUT2D eigenvalue weighted by Crippen LogP contribution is -2.19. The number of nitrogens with zero attached hydrogens (tertiary/aromatic N) is 1. The zero-order chi connectivity index (χ0) is 23.5. The Hall–Kier alpha value is -2.64. The standard InChI is InChI=1S/C27H32N2O4S/c1-2-33-21-5-10-26(28-18-21)27-12-11-25(29-27)24(17-19-13-15-32-16-14-19)20-3-6-22(7-4-20)34(30,31)23-8-9-23/h3-7,10-12,18-19,23-24,29H,2,8-9,13-17H2,1H3. The number of aromatic nitrogens is 2. The largest absolute Gasteiger partial charge is 0.492 e. The number of benzene rings is 1. The molecule has 1 aliphatic heterocycles. The number of rotatable bonds is 9. The minimum atomic E-state index is -3.18. The predicted molar refractivity (Wildman–Crippen MR) is 132 cm³/mol. The van der Waals surface area contributed by atoms with Crippen LogP contribution >= 0.6 is 0 Å². The first kappa shape index (κ1) is 23.1. The van der Waals surface area contributed by atoms with Gasteiger partial charge in [-0.2, -0.15) is 0 Å². The second-order valence-corrected chi connectivity index (χ2v) is 11.5. The van der Waals surface area contributed by atoms with Gasteiger partial charge in [-0.3, -0.25) is 4.98 Å². The van der Waals surface area contributed by atoms with E-state index in [1.165, 1.54) is 0 Å². The Labute approximate surface area is 201 Å². The van der Waals surface area contributed by atoms with Crippen molar-refractivity contribution in [2.24, 2.45) is 5.92 Å². The van der Waals surface area contributed by atoms with Crippen LogP contribution < -0.4 is 4.74 Å². The second-order valence-electron chi connectivity index (χ2n) is 9.30. The van der Waals surface area contributed by atoms with Crippen molar-refractivity contribution in [1.82, 2.24) is 9.97 Å². The van der Waals surface area contributed by atoms with E-state index in [-0.39, 0.29) is 11.2 Å². The summed E-state index contributed by atoms with van der Waals surface area (Å²) in [5.41, 5.74) is 4.08. The predicted octanol–water partition coefficient (Wildman–Crippen LogP) is 5.36. The van der Waals surface area contributed by atoms with Gasteiger partial charge in [-0.25, -0.2) is 8.42 Å². The van der Waals surface area contributed by atoms with Crippen LogP contribution in [0, 0.1) is 5.92 Å². The Balaban J connectivity index is 1.42. The molecule has 5 rings (SSSR count). The van der Waals surface area contributed by atoms with Gasteiger partial charge in [-0.05, 0) is 86.9 Å². The molecule has 3 heterocycles. The molecule has 0 bridgehead atoms. The van der Waals surface area contributed by atoms with Gasteiger partial charge in [0.15, 0.2) is 9.84 Å². The molecule has 2 aromatic heterocycles. The van der Waals surface area contributed by atoms with Crippen LogP contribution in [0.5, 0.6) is 5.75 Å². The fourth-order valence-electron chi connectivity index (χ4n) is 4.77. The third kappa shape index (κ3) is 5.05. The van der Waals surface area contributed by atoms with E-state index in [4.69, 9.17) is 9.47 Å². The van der Waals surface area contributed by atoms with Crippen molar-refractivity contribution >= 4 is 9.84 Å². The number of H-pyrrole nitrogens is 1. The highest BCUT2D eigenvalue weighted by molar-refractivity contribution is 7.92. The van der Waals surface area contributed by atoms with Crippen LogP contribution in [0.1, 0.15) is 56.2 Å². The fourth-order valence-corrected chi connectivity index (χ4v) is 6.43. The maximum Gasteiger partial charge on any atom is 0.181 e. The van der Waals surface area contributed by atoms with Crippen LogP contribution in [-0.4, -0.2) is 43.5 Å². The molecule has 1 aliphatic carbocycles. The summed E-state index contributed by atoms with van der Waals surface area (Å²) < 4.78 is 36.4. The lowest BCUT2D eigenvalue weighted by Gasteiger charge is -2.27. The van der Waals surface area contributed by atoms with Crippen molar-refractivity contribution < 1.29 is 17.9 Å². The van der Waals surface area contributed by atoms with E-state index in [9.17, 15) is 8.42 Å². The molecule has 1 unspecified atom stereocenters. The van der Waals surface area contributed by atoms with E-state index in [0.717, 1.165) is 73.7 Å². The Kier molecular flexibility index (Phi) is 6.75. The van der Waals surface area contributed by atoms with Gasteiger partial charge >= 0.3 is 0 Å². The van der Waals surface area contributed by atoms with Crippen LogP contribution in [0.15, 0.2) is 59.6 Å². The number of hydrogen-bond acceptors (Lipinski definition) is 5. The maximum atomic E-state index is 12.7. The highest BCUT2D eigenvalue weighted by atomic mass is 32.2. The molecule has 1 saturated carbocycles. The van der Waals surface area contributed by atoms with Crippen molar-refractivity contribution in [1.29, 1.82) is 0 Å². The van der Waals surface area contributed by atoms with Crippen LogP contribution in [0.25, 0.3) is 11.4 Å². The van der Waals surface area contributed by atoms with Gasteiger partial charge in [-0.1, -0.05) is 12.1 Å². The molecular weight excluding hydrogens is 448 g/mol. The molecular formula is C27H32N2O4S. The summed E-state index contributed by atoms with van der Waals surface area (Å²) in [5, 5.41) is -0.191. The van der Waals surface area contributed by atoms with Gasteiger partial charge in [0.25, 0.3) is 0 Å². The minimum Gasteiger partial charge on any atom is -0.492 e. The molecule has 2 aliphatic rings. The molecule has 6 nitrogen and oxygen atoms in total. The average molecular weight is 481 g/mol. The lowest BCUT2D eigenvalue weighted by atomic mass is 9.83. The molecule has 2 fully saturated rings. The summed E-state index contributed by atoms with van der Waals surface area (Å²) in [6.07, 6.45) is 6.41. The maximum absolute atomic E-state index is 12.7. The number of pyridine rings is 1. The fraction of sp³-hybridized carbons (Fsp3) is 0.444. The van der Waals surface area contributed by atoms with Gasteiger partial charge in [-0.15, -0.1) is 0 Å². The van der Waals surface area contributed by atoms with E-state index in [0.29, 0.717) is 17.4 Å². The summed E-state index contributed by atoms with van der Waals surface area (Å²) in [6.45, 7) is 4.18. The van der Waals surface area contributed by atoms with E-state index in [1.807, 2.05) is 31.2 Å². The van der Waals surface area contributed by atoms with Crippen molar-refractivity contribution in [3.05, 3.63) is 66.0 Å². The van der Waals surface area contributed by atoms with Crippen molar-refractivity contribution in [2.45, 2.75) is 55.1 Å². The highest BCUT2D eigenvalue weighted by Gasteiger charge is 2.37.